The molecule has 0 aromatic carbocycles. The lowest BCUT2D eigenvalue weighted by Gasteiger charge is -2.18. The summed E-state index contributed by atoms with van der Waals surface area (Å²) in [6.45, 7) is 6.33. The molecule has 0 aliphatic rings. The number of rotatable bonds is 58. The lowest BCUT2D eigenvalue weighted by Crippen LogP contribution is -2.30. The minimum atomic E-state index is -0.819. The van der Waals surface area contributed by atoms with Crippen LogP contribution in [0.1, 0.15) is 265 Å². The first-order valence-corrected chi connectivity index (χ1v) is 33.3. The summed E-state index contributed by atoms with van der Waals surface area (Å²) < 4.78 is 16.9. The first-order chi connectivity index (χ1) is 41.0. The highest BCUT2D eigenvalue weighted by molar-refractivity contribution is 5.71. The van der Waals surface area contributed by atoms with Gasteiger partial charge in [0.1, 0.15) is 13.2 Å². The standard InChI is InChI=1S/C77H120O6/c1-4-7-10-13-16-19-22-25-28-30-32-34-36-37-38-39-41-42-44-46-49-52-55-58-61-64-67-70-76(79)82-73-74(72-81-75(78)69-66-63-60-57-54-51-48-27-24-21-18-15-12-9-6-3)83-77(80)71-68-65-62-59-56-53-50-47-45-43-40-35-33-31-29-26-23-20-17-14-11-8-5-2/h7-8,10-11,16-21,25-29,32-35,37-38,41-43,45-46,48-50,53,74H,4-6,9,12-15,22-24,30-31,36,39-40,44,47,51-52,54-73H2,1-3H3/b10-7-,11-8-,19-16-,20-17-,21-18-,28-25-,29-26-,34-32-,35-33-,38-37-,42-41-,45-43-,48-27-,49-46-,53-50-. The number of carbonyl (C=O) groups is 3. The quantitative estimate of drug-likeness (QED) is 0.0261. The molecule has 0 aliphatic carbocycles. The summed E-state index contributed by atoms with van der Waals surface area (Å²) in [5, 5.41) is 0. The van der Waals surface area contributed by atoms with Crippen LogP contribution >= 0.6 is 0 Å². The van der Waals surface area contributed by atoms with Crippen molar-refractivity contribution in [2.75, 3.05) is 13.2 Å². The van der Waals surface area contributed by atoms with E-state index in [1.165, 1.54) is 25.7 Å². The highest BCUT2D eigenvalue weighted by atomic mass is 16.6. The normalized spacial score (nSPS) is 13.3. The van der Waals surface area contributed by atoms with Gasteiger partial charge in [-0.05, 0) is 161 Å². The van der Waals surface area contributed by atoms with Gasteiger partial charge in [-0.2, -0.15) is 0 Å². The van der Waals surface area contributed by atoms with Crippen molar-refractivity contribution < 1.29 is 28.6 Å². The molecule has 0 aromatic heterocycles. The van der Waals surface area contributed by atoms with E-state index in [0.29, 0.717) is 12.8 Å². The number of ether oxygens (including phenoxy) is 3. The average Bonchev–Trinajstić information content (AvgIpc) is 3.49. The van der Waals surface area contributed by atoms with Crippen molar-refractivity contribution in [1.29, 1.82) is 0 Å². The number of carbonyl (C=O) groups excluding carboxylic acids is 3. The molecule has 83 heavy (non-hydrogen) atoms. The van der Waals surface area contributed by atoms with E-state index in [4.69, 9.17) is 14.2 Å². The van der Waals surface area contributed by atoms with Crippen molar-refractivity contribution in [3.05, 3.63) is 182 Å². The Morgan fingerprint density at radius 2 is 0.470 bits per heavy atom. The molecule has 0 fully saturated rings. The number of esters is 3. The van der Waals surface area contributed by atoms with Gasteiger partial charge < -0.3 is 14.2 Å². The summed E-state index contributed by atoms with van der Waals surface area (Å²) in [7, 11) is 0. The van der Waals surface area contributed by atoms with E-state index < -0.39 is 6.10 Å². The Bertz CT molecular complexity index is 1940. The van der Waals surface area contributed by atoms with E-state index in [1.807, 2.05) is 0 Å². The fourth-order valence-electron chi connectivity index (χ4n) is 8.46. The van der Waals surface area contributed by atoms with Gasteiger partial charge in [-0.25, -0.2) is 0 Å². The second-order valence-electron chi connectivity index (χ2n) is 21.3. The maximum Gasteiger partial charge on any atom is 0.306 e. The summed E-state index contributed by atoms with van der Waals surface area (Å²) in [5.74, 6) is -0.974. The third-order valence-corrected chi connectivity index (χ3v) is 13.4. The maximum atomic E-state index is 12.9. The molecule has 464 valence electrons. The number of hydrogen-bond donors (Lipinski definition) is 0. The molecule has 0 N–H and O–H groups in total. The van der Waals surface area contributed by atoms with Crippen LogP contribution in [0.2, 0.25) is 0 Å². The van der Waals surface area contributed by atoms with Crippen molar-refractivity contribution in [2.24, 2.45) is 0 Å². The van der Waals surface area contributed by atoms with Crippen molar-refractivity contribution >= 4 is 17.9 Å². The predicted molar refractivity (Wildman–Crippen MR) is 361 cm³/mol. The van der Waals surface area contributed by atoms with Crippen molar-refractivity contribution in [1.82, 2.24) is 0 Å². The van der Waals surface area contributed by atoms with Gasteiger partial charge in [0.15, 0.2) is 6.10 Å². The summed E-state index contributed by atoms with van der Waals surface area (Å²) in [6, 6.07) is 0. The van der Waals surface area contributed by atoms with Crippen LogP contribution in [0.3, 0.4) is 0 Å². The third kappa shape index (κ3) is 67.2. The molecule has 1 atom stereocenters. The van der Waals surface area contributed by atoms with Crippen LogP contribution in [-0.4, -0.2) is 37.2 Å². The second kappa shape index (κ2) is 69.0. The Morgan fingerprint density at radius 3 is 0.735 bits per heavy atom. The monoisotopic (exact) mass is 1140 g/mol. The number of hydrogen-bond acceptors (Lipinski definition) is 6. The molecule has 1 unspecified atom stereocenters. The van der Waals surface area contributed by atoms with Gasteiger partial charge in [0.2, 0.25) is 0 Å². The Balaban J connectivity index is 4.51. The molecule has 0 aliphatic heterocycles. The Morgan fingerprint density at radius 1 is 0.253 bits per heavy atom. The van der Waals surface area contributed by atoms with Gasteiger partial charge in [0.25, 0.3) is 0 Å². The number of allylic oxidation sites excluding steroid dienone is 30. The van der Waals surface area contributed by atoms with Gasteiger partial charge in [-0.3, -0.25) is 14.4 Å². The third-order valence-electron chi connectivity index (χ3n) is 13.4. The average molecular weight is 1140 g/mol. The minimum absolute atomic E-state index is 0.111. The Kier molecular flexibility index (Phi) is 64.4. The van der Waals surface area contributed by atoms with E-state index in [-0.39, 0.29) is 37.5 Å². The van der Waals surface area contributed by atoms with E-state index in [0.717, 1.165) is 199 Å². The molecule has 0 heterocycles. The van der Waals surface area contributed by atoms with Crippen molar-refractivity contribution in [2.45, 2.75) is 271 Å². The molecule has 6 heteroatoms. The van der Waals surface area contributed by atoms with Crippen LogP contribution < -0.4 is 0 Å². The van der Waals surface area contributed by atoms with Gasteiger partial charge in [-0.15, -0.1) is 0 Å². The first kappa shape index (κ1) is 77.5. The van der Waals surface area contributed by atoms with Crippen LogP contribution in [0.4, 0.5) is 0 Å². The zero-order chi connectivity index (χ0) is 59.9. The van der Waals surface area contributed by atoms with Crippen LogP contribution in [0, 0.1) is 0 Å². The topological polar surface area (TPSA) is 78.9 Å². The van der Waals surface area contributed by atoms with Gasteiger partial charge in [0, 0.05) is 19.3 Å². The first-order valence-electron chi connectivity index (χ1n) is 33.3. The van der Waals surface area contributed by atoms with Gasteiger partial charge in [-0.1, -0.05) is 267 Å². The van der Waals surface area contributed by atoms with Crippen molar-refractivity contribution in [3.8, 4) is 0 Å². The van der Waals surface area contributed by atoms with Crippen molar-refractivity contribution in [3.63, 3.8) is 0 Å². The molecular weight excluding hydrogens is 1020 g/mol. The van der Waals surface area contributed by atoms with Crippen LogP contribution in [-0.2, 0) is 28.6 Å². The zero-order valence-corrected chi connectivity index (χ0v) is 53.1. The van der Waals surface area contributed by atoms with E-state index >= 15 is 0 Å². The van der Waals surface area contributed by atoms with Gasteiger partial charge >= 0.3 is 17.9 Å². The van der Waals surface area contributed by atoms with E-state index in [9.17, 15) is 14.4 Å². The summed E-state index contributed by atoms with van der Waals surface area (Å²) in [6.07, 6.45) is 103. The predicted octanol–water partition coefficient (Wildman–Crippen LogP) is 23.2. The van der Waals surface area contributed by atoms with Crippen LogP contribution in [0.25, 0.3) is 0 Å². The highest BCUT2D eigenvalue weighted by Gasteiger charge is 2.19. The minimum Gasteiger partial charge on any atom is -0.462 e. The Labute approximate surface area is 510 Å². The maximum absolute atomic E-state index is 12.9. The largest absolute Gasteiger partial charge is 0.462 e. The van der Waals surface area contributed by atoms with Gasteiger partial charge in [0.05, 0.1) is 0 Å². The lowest BCUT2D eigenvalue weighted by molar-refractivity contribution is -0.167. The van der Waals surface area contributed by atoms with E-state index in [1.54, 1.807) is 0 Å². The summed E-state index contributed by atoms with van der Waals surface area (Å²) in [5.41, 5.74) is 0. The van der Waals surface area contributed by atoms with Crippen LogP contribution in [0.15, 0.2) is 182 Å². The molecule has 0 bridgehead atoms. The fraction of sp³-hybridized carbons (Fsp3) is 0.571. The summed E-state index contributed by atoms with van der Waals surface area (Å²) >= 11 is 0. The smallest absolute Gasteiger partial charge is 0.306 e. The van der Waals surface area contributed by atoms with E-state index in [2.05, 4.69) is 203 Å². The van der Waals surface area contributed by atoms with Crippen LogP contribution in [0.5, 0.6) is 0 Å². The molecule has 0 radical (unpaired) electrons. The molecule has 6 nitrogen and oxygen atoms in total. The highest BCUT2D eigenvalue weighted by Crippen LogP contribution is 2.13. The zero-order valence-electron chi connectivity index (χ0n) is 53.1. The summed E-state index contributed by atoms with van der Waals surface area (Å²) in [4.78, 5) is 38.4. The molecule has 0 aromatic rings. The number of unbranched alkanes of at least 4 members (excludes halogenated alkanes) is 17. The fourth-order valence-corrected chi connectivity index (χ4v) is 8.46. The second-order valence-corrected chi connectivity index (χ2v) is 21.3. The lowest BCUT2D eigenvalue weighted by atomic mass is 10.1. The molecule has 0 spiro atoms. The Hall–Kier alpha value is -5.49. The molecule has 0 rings (SSSR count). The molecule has 0 amide bonds. The molecule has 0 saturated heterocycles. The molecule has 0 saturated carbocycles. The SMILES string of the molecule is CC/C=C\C/C=C\C/C=C\C/C=C\C/C=C\C/C=C\C/C=C\CCCCCCCC(=O)OCC(COC(=O)CCCCCCC/C=C\C/C=C\CCCCC)OC(=O)CCCCCC/C=C\C/C=C\C/C=C\C/C=C\C/C=C\C/C=C\CC. The molecular formula is C77H120O6.